The van der Waals surface area contributed by atoms with Gasteiger partial charge >= 0.3 is 11.9 Å². The molecule has 0 saturated carbocycles. The third kappa shape index (κ3) is 2.76. The Morgan fingerprint density at radius 2 is 2.09 bits per heavy atom. The van der Waals surface area contributed by atoms with Crippen LogP contribution in [0, 0.1) is 0 Å². The van der Waals surface area contributed by atoms with Gasteiger partial charge in [0.05, 0.1) is 18.0 Å². The van der Waals surface area contributed by atoms with Crippen molar-refractivity contribution in [2.75, 3.05) is 6.61 Å². The van der Waals surface area contributed by atoms with Crippen molar-refractivity contribution in [1.29, 1.82) is 0 Å². The number of ether oxygens (including phenoxy) is 1. The second kappa shape index (κ2) is 5.48. The largest absolute Gasteiger partial charge is 0.433 e. The van der Waals surface area contributed by atoms with Crippen LogP contribution >= 0.6 is 0 Å². The molecule has 6 nitrogen and oxygen atoms in total. The number of hydrogen-bond donors (Lipinski definition) is 0. The van der Waals surface area contributed by atoms with Gasteiger partial charge in [0.1, 0.15) is 11.3 Å². The minimum Gasteiger partial charge on any atom is -0.376 e. The molecule has 0 aliphatic carbocycles. The van der Waals surface area contributed by atoms with Gasteiger partial charge in [0.15, 0.2) is 0 Å². The Labute approximate surface area is 128 Å². The minimum absolute atomic E-state index is 0.0295. The fourth-order valence-electron chi connectivity index (χ4n) is 2.69. The van der Waals surface area contributed by atoms with Gasteiger partial charge in [-0.15, -0.1) is 0 Å². The molecule has 0 N–H and O–H groups in total. The Kier molecular flexibility index (Phi) is 3.75. The van der Waals surface area contributed by atoms with Crippen LogP contribution in [-0.4, -0.2) is 26.8 Å². The maximum Gasteiger partial charge on any atom is 0.433 e. The standard InChI is InChI=1S/C14H14F3N3O3/c1-19-11-9(4-5-10(18-11)14(15,16)17)12(21)20(13(19)22)7-8-3-2-6-23-8/h4-5,8H,2-3,6-7H2,1H3/t8-/m1/s1. The molecule has 2 aromatic rings. The van der Waals surface area contributed by atoms with Crippen LogP contribution in [0.3, 0.4) is 0 Å². The normalized spacial score (nSPS) is 18.7. The van der Waals surface area contributed by atoms with Gasteiger partial charge in [-0.25, -0.2) is 9.78 Å². The summed E-state index contributed by atoms with van der Waals surface area (Å²) in [7, 11) is 1.29. The van der Waals surface area contributed by atoms with E-state index < -0.39 is 23.1 Å². The summed E-state index contributed by atoms with van der Waals surface area (Å²) >= 11 is 0. The fraction of sp³-hybridized carbons (Fsp3) is 0.500. The Balaban J connectivity index is 2.18. The van der Waals surface area contributed by atoms with E-state index in [1.165, 1.54) is 7.05 Å². The molecular weight excluding hydrogens is 315 g/mol. The fourth-order valence-corrected chi connectivity index (χ4v) is 2.69. The molecule has 0 unspecified atom stereocenters. The molecule has 0 amide bonds. The van der Waals surface area contributed by atoms with E-state index in [-0.39, 0.29) is 23.7 Å². The number of alkyl halides is 3. The molecule has 2 aromatic heterocycles. The summed E-state index contributed by atoms with van der Waals surface area (Å²) < 4.78 is 45.6. The molecule has 1 saturated heterocycles. The number of fused-ring (bicyclic) bond motifs is 1. The van der Waals surface area contributed by atoms with Crippen molar-refractivity contribution < 1.29 is 17.9 Å². The smallest absolute Gasteiger partial charge is 0.376 e. The number of nitrogens with zero attached hydrogens (tertiary/aromatic N) is 3. The van der Waals surface area contributed by atoms with Crippen molar-refractivity contribution >= 4 is 11.0 Å². The van der Waals surface area contributed by atoms with Crippen LogP contribution in [0.2, 0.25) is 0 Å². The molecule has 1 aliphatic heterocycles. The van der Waals surface area contributed by atoms with E-state index in [1.807, 2.05) is 0 Å². The number of rotatable bonds is 2. The highest BCUT2D eigenvalue weighted by Gasteiger charge is 2.33. The summed E-state index contributed by atoms with van der Waals surface area (Å²) in [6, 6.07) is 1.80. The Hall–Kier alpha value is -2.16. The van der Waals surface area contributed by atoms with E-state index in [0.29, 0.717) is 6.61 Å². The first-order valence-corrected chi connectivity index (χ1v) is 7.08. The zero-order valence-electron chi connectivity index (χ0n) is 12.3. The van der Waals surface area contributed by atoms with E-state index in [0.717, 1.165) is 34.1 Å². The van der Waals surface area contributed by atoms with Crippen LogP contribution in [0.15, 0.2) is 21.7 Å². The van der Waals surface area contributed by atoms with Gasteiger partial charge < -0.3 is 4.74 Å². The third-order valence-electron chi connectivity index (χ3n) is 3.89. The van der Waals surface area contributed by atoms with Crippen molar-refractivity contribution in [3.8, 4) is 0 Å². The molecule has 124 valence electrons. The third-order valence-corrected chi connectivity index (χ3v) is 3.89. The number of aryl methyl sites for hydroxylation is 1. The number of halogens is 3. The highest BCUT2D eigenvalue weighted by Crippen LogP contribution is 2.28. The molecule has 1 fully saturated rings. The molecule has 1 atom stereocenters. The maximum atomic E-state index is 12.7. The maximum absolute atomic E-state index is 12.7. The molecule has 1 aliphatic rings. The van der Waals surface area contributed by atoms with Crippen LogP contribution in [0.1, 0.15) is 18.5 Å². The van der Waals surface area contributed by atoms with Crippen molar-refractivity contribution in [3.05, 3.63) is 38.7 Å². The van der Waals surface area contributed by atoms with Crippen LogP contribution < -0.4 is 11.2 Å². The summed E-state index contributed by atoms with van der Waals surface area (Å²) in [5.41, 5.74) is -2.78. The molecule has 0 aromatic carbocycles. The van der Waals surface area contributed by atoms with Crippen molar-refractivity contribution in [2.45, 2.75) is 31.7 Å². The predicted molar refractivity (Wildman–Crippen MR) is 75.2 cm³/mol. The summed E-state index contributed by atoms with van der Waals surface area (Å²) in [4.78, 5) is 28.2. The van der Waals surface area contributed by atoms with Crippen LogP contribution in [0.25, 0.3) is 11.0 Å². The molecule has 9 heteroatoms. The first kappa shape index (κ1) is 15.7. The van der Waals surface area contributed by atoms with E-state index in [9.17, 15) is 22.8 Å². The highest BCUT2D eigenvalue weighted by molar-refractivity contribution is 5.74. The summed E-state index contributed by atoms with van der Waals surface area (Å²) in [6.07, 6.45) is -3.29. The monoisotopic (exact) mass is 329 g/mol. The van der Waals surface area contributed by atoms with Crippen LogP contribution in [0.5, 0.6) is 0 Å². The van der Waals surface area contributed by atoms with E-state index in [4.69, 9.17) is 4.74 Å². The predicted octanol–water partition coefficient (Wildman–Crippen LogP) is 1.29. The molecule has 23 heavy (non-hydrogen) atoms. The second-order valence-corrected chi connectivity index (χ2v) is 5.46. The van der Waals surface area contributed by atoms with Crippen LogP contribution in [-0.2, 0) is 24.5 Å². The quantitative estimate of drug-likeness (QED) is 0.833. The lowest BCUT2D eigenvalue weighted by atomic mass is 10.2. The molecule has 0 spiro atoms. The van der Waals surface area contributed by atoms with E-state index >= 15 is 0 Å². The Morgan fingerprint density at radius 1 is 1.35 bits per heavy atom. The number of aromatic nitrogens is 3. The van der Waals surface area contributed by atoms with Gasteiger partial charge in [-0.2, -0.15) is 13.2 Å². The summed E-state index contributed by atoms with van der Waals surface area (Å²) in [6.45, 7) is 0.659. The molecule has 0 radical (unpaired) electrons. The Morgan fingerprint density at radius 3 is 2.70 bits per heavy atom. The van der Waals surface area contributed by atoms with Gasteiger partial charge in [-0.1, -0.05) is 0 Å². The number of hydrogen-bond acceptors (Lipinski definition) is 4. The summed E-state index contributed by atoms with van der Waals surface area (Å²) in [5.74, 6) is 0. The van der Waals surface area contributed by atoms with Gasteiger partial charge in [-0.05, 0) is 25.0 Å². The van der Waals surface area contributed by atoms with Gasteiger partial charge in [0.25, 0.3) is 5.56 Å². The molecule has 3 rings (SSSR count). The van der Waals surface area contributed by atoms with Crippen molar-refractivity contribution in [3.63, 3.8) is 0 Å². The lowest BCUT2D eigenvalue weighted by Gasteiger charge is -2.14. The molecule has 0 bridgehead atoms. The molecular formula is C14H14F3N3O3. The van der Waals surface area contributed by atoms with Crippen molar-refractivity contribution in [2.24, 2.45) is 7.05 Å². The first-order valence-electron chi connectivity index (χ1n) is 7.08. The highest BCUT2D eigenvalue weighted by atomic mass is 19.4. The van der Waals surface area contributed by atoms with E-state index in [2.05, 4.69) is 4.98 Å². The first-order chi connectivity index (χ1) is 10.8. The second-order valence-electron chi connectivity index (χ2n) is 5.46. The minimum atomic E-state index is -4.64. The zero-order chi connectivity index (χ0) is 16.8. The van der Waals surface area contributed by atoms with Gasteiger partial charge in [-0.3, -0.25) is 13.9 Å². The zero-order valence-corrected chi connectivity index (χ0v) is 12.3. The number of pyridine rings is 1. The molecule has 3 heterocycles. The average molecular weight is 329 g/mol. The lowest BCUT2D eigenvalue weighted by Crippen LogP contribution is -2.42. The SMILES string of the molecule is Cn1c(=O)n(C[C@H]2CCCO2)c(=O)c2ccc(C(F)(F)F)nc21. The Bertz CT molecular complexity index is 864. The van der Waals surface area contributed by atoms with E-state index in [1.54, 1.807) is 0 Å². The average Bonchev–Trinajstić information content (AvgIpc) is 3.01. The summed E-state index contributed by atoms with van der Waals surface area (Å²) in [5, 5.41) is -0.0295. The van der Waals surface area contributed by atoms with Crippen molar-refractivity contribution in [1.82, 2.24) is 14.1 Å². The topological polar surface area (TPSA) is 66.1 Å². The van der Waals surface area contributed by atoms with Gasteiger partial charge in [0, 0.05) is 13.7 Å². The van der Waals surface area contributed by atoms with Crippen LogP contribution in [0.4, 0.5) is 13.2 Å². The van der Waals surface area contributed by atoms with Gasteiger partial charge in [0.2, 0.25) is 0 Å². The lowest BCUT2D eigenvalue weighted by molar-refractivity contribution is -0.141.